The van der Waals surface area contributed by atoms with E-state index >= 15 is 0 Å². The van der Waals surface area contributed by atoms with Crippen molar-refractivity contribution < 1.29 is 23.9 Å². The second kappa shape index (κ2) is 14.5. The number of imide groups is 2. The number of rotatable bonds is 8. The van der Waals surface area contributed by atoms with Gasteiger partial charge in [-0.05, 0) is 98.5 Å². The Morgan fingerprint density at radius 1 is 0.717 bits per heavy atom. The molecule has 11 rings (SSSR count). The van der Waals surface area contributed by atoms with Gasteiger partial charge in [-0.2, -0.15) is 5.10 Å². The highest BCUT2D eigenvalue weighted by Gasteiger charge is 2.48. The van der Waals surface area contributed by atoms with E-state index in [0.717, 1.165) is 96.5 Å². The van der Waals surface area contributed by atoms with Gasteiger partial charge in [0.25, 0.3) is 11.8 Å². The minimum atomic E-state index is -0.959. The first kappa shape index (κ1) is 36.9. The number of nitrogens with zero attached hydrogens (tertiary/aromatic N) is 8. The van der Waals surface area contributed by atoms with Crippen molar-refractivity contribution in [2.45, 2.75) is 62.7 Å². The van der Waals surface area contributed by atoms with Gasteiger partial charge in [0.15, 0.2) is 5.65 Å². The van der Waals surface area contributed by atoms with Crippen LogP contribution in [0.15, 0.2) is 79.1 Å². The van der Waals surface area contributed by atoms with Crippen LogP contribution in [-0.2, 0) is 9.59 Å². The molecule has 5 fully saturated rings. The Hall–Kier alpha value is -6.19. The first-order valence-corrected chi connectivity index (χ1v) is 21.2. The fraction of sp³-hybridized carbons (Fsp3) is 0.400. The van der Waals surface area contributed by atoms with Crippen LogP contribution in [-0.4, -0.2) is 115 Å². The molecule has 3 N–H and O–H groups in total. The van der Waals surface area contributed by atoms with Gasteiger partial charge in [0.1, 0.15) is 35.4 Å². The van der Waals surface area contributed by atoms with Crippen LogP contribution >= 0.6 is 0 Å². The van der Waals surface area contributed by atoms with Crippen molar-refractivity contribution in [1.29, 1.82) is 0 Å². The average molecular weight is 807 g/mol. The summed E-state index contributed by atoms with van der Waals surface area (Å²) in [6.07, 6.45) is 6.10. The fourth-order valence-corrected chi connectivity index (χ4v) is 10.7. The van der Waals surface area contributed by atoms with E-state index in [0.29, 0.717) is 40.9 Å². The molecule has 4 saturated heterocycles. The Morgan fingerprint density at radius 2 is 1.43 bits per heavy atom. The van der Waals surface area contributed by atoms with Crippen molar-refractivity contribution in [3.05, 3.63) is 90.3 Å². The number of nitrogens with two attached hydrogens (primary N) is 1. The summed E-state index contributed by atoms with van der Waals surface area (Å²) in [6.45, 7) is 6.08. The number of hydrogen-bond acceptors (Lipinski definition) is 12. The third-order valence-corrected chi connectivity index (χ3v) is 13.9. The van der Waals surface area contributed by atoms with Gasteiger partial charge < -0.3 is 15.4 Å². The number of nitrogens with one attached hydrogen (secondary N) is 1. The SMILES string of the molecule is Nc1ncnc2c1c(-c1ccc(Oc3ccccc3)cc1)nn2C1CCN(C2CN(C3CC4CN(c5ccc6c(c5)C(=O)N(C5CCC(=O)NC5=O)C6=O)CC4C3)C2)CC1. The molecule has 306 valence electrons. The molecule has 2 aromatic heterocycles. The summed E-state index contributed by atoms with van der Waals surface area (Å²) >= 11 is 0. The predicted molar refractivity (Wildman–Crippen MR) is 222 cm³/mol. The first-order chi connectivity index (χ1) is 29.3. The van der Waals surface area contributed by atoms with Gasteiger partial charge >= 0.3 is 0 Å². The molecule has 15 heteroatoms. The lowest BCUT2D eigenvalue weighted by atomic mass is 9.97. The molecule has 1 aliphatic carbocycles. The number of carbonyl (C=O) groups excluding carboxylic acids is 4. The van der Waals surface area contributed by atoms with Crippen molar-refractivity contribution in [2.75, 3.05) is 49.9 Å². The summed E-state index contributed by atoms with van der Waals surface area (Å²) in [4.78, 5) is 68.5. The quantitative estimate of drug-likeness (QED) is 0.211. The minimum Gasteiger partial charge on any atom is -0.457 e. The van der Waals surface area contributed by atoms with E-state index in [1.54, 1.807) is 6.07 Å². The van der Waals surface area contributed by atoms with E-state index in [4.69, 9.17) is 15.6 Å². The van der Waals surface area contributed by atoms with E-state index < -0.39 is 23.8 Å². The first-order valence-electron chi connectivity index (χ1n) is 21.2. The molecular weight excluding hydrogens is 761 g/mol. The van der Waals surface area contributed by atoms with Gasteiger partial charge in [-0.15, -0.1) is 0 Å². The fourth-order valence-electron chi connectivity index (χ4n) is 10.7. The number of amides is 4. The highest BCUT2D eigenvalue weighted by molar-refractivity contribution is 6.23. The maximum Gasteiger partial charge on any atom is 0.262 e. The molecule has 60 heavy (non-hydrogen) atoms. The summed E-state index contributed by atoms with van der Waals surface area (Å²) < 4.78 is 8.10. The molecule has 3 unspecified atom stereocenters. The number of ether oxygens (including phenoxy) is 1. The number of aromatic nitrogens is 4. The van der Waals surface area contributed by atoms with Gasteiger partial charge in [0.2, 0.25) is 11.8 Å². The summed E-state index contributed by atoms with van der Waals surface area (Å²) in [5.74, 6) is 1.23. The monoisotopic (exact) mass is 806 g/mol. The third kappa shape index (κ3) is 6.29. The molecule has 5 aliphatic heterocycles. The lowest BCUT2D eigenvalue weighted by Gasteiger charge is -2.50. The van der Waals surface area contributed by atoms with Crippen LogP contribution in [0, 0.1) is 11.8 Å². The lowest BCUT2D eigenvalue weighted by molar-refractivity contribution is -0.136. The summed E-state index contributed by atoms with van der Waals surface area (Å²) in [6, 6.07) is 23.5. The number of nitrogen functional groups attached to an aromatic ring is 1. The Labute approximate surface area is 346 Å². The van der Waals surface area contributed by atoms with E-state index in [2.05, 4.69) is 34.7 Å². The second-order valence-electron chi connectivity index (χ2n) is 17.3. The van der Waals surface area contributed by atoms with Gasteiger partial charge in [-0.1, -0.05) is 18.2 Å². The van der Waals surface area contributed by atoms with Crippen molar-refractivity contribution in [3.8, 4) is 22.8 Å². The number of likely N-dealkylation sites (tertiary alicyclic amines) is 2. The highest BCUT2D eigenvalue weighted by Crippen LogP contribution is 2.44. The molecule has 15 nitrogen and oxygen atoms in total. The molecular formula is C45H46N10O5. The summed E-state index contributed by atoms with van der Waals surface area (Å²) in [5.41, 5.74) is 10.6. The van der Waals surface area contributed by atoms with E-state index in [1.165, 1.54) is 19.2 Å². The number of hydrogen-bond donors (Lipinski definition) is 2. The predicted octanol–water partition coefficient (Wildman–Crippen LogP) is 4.51. The van der Waals surface area contributed by atoms with E-state index in [1.807, 2.05) is 66.7 Å². The standard InChI is InChI=1S/C45H46N10O5/c46-41-39-40(26-6-9-34(10-7-26)60-33-4-2-1-3-5-33)50-55(42(39)48-25-47-41)29-14-16-51(17-15-29)32-23-53(24-32)31-18-27-21-52(22-28(27)19-31)30-8-11-35-36(20-30)45(59)54(44(35)58)37-12-13-38(56)49-43(37)57/h1-11,20,25,27-29,31-32,37H,12-19,21-24H2,(H2,46,47,48)(H,49,56,57). The Balaban J connectivity index is 0.684. The van der Waals surface area contributed by atoms with Crippen LogP contribution in [0.3, 0.4) is 0 Å². The molecule has 0 bridgehead atoms. The minimum absolute atomic E-state index is 0.104. The zero-order chi connectivity index (χ0) is 40.6. The van der Waals surface area contributed by atoms with Crippen LogP contribution < -0.4 is 20.7 Å². The molecule has 1 saturated carbocycles. The van der Waals surface area contributed by atoms with Crippen LogP contribution in [0.2, 0.25) is 0 Å². The lowest BCUT2D eigenvalue weighted by Crippen LogP contribution is -2.63. The zero-order valence-corrected chi connectivity index (χ0v) is 33.2. The van der Waals surface area contributed by atoms with Gasteiger partial charge in [-0.25, -0.2) is 14.6 Å². The summed E-state index contributed by atoms with van der Waals surface area (Å²) in [5, 5.41) is 8.19. The van der Waals surface area contributed by atoms with Crippen molar-refractivity contribution >= 4 is 46.2 Å². The zero-order valence-electron chi connectivity index (χ0n) is 33.2. The average Bonchev–Trinajstić information content (AvgIpc) is 3.99. The van der Waals surface area contributed by atoms with Gasteiger partial charge in [-0.3, -0.25) is 39.2 Å². The van der Waals surface area contributed by atoms with Crippen molar-refractivity contribution in [1.82, 2.24) is 39.8 Å². The Kier molecular flexibility index (Phi) is 8.92. The van der Waals surface area contributed by atoms with Crippen molar-refractivity contribution in [3.63, 3.8) is 0 Å². The summed E-state index contributed by atoms with van der Waals surface area (Å²) in [7, 11) is 0. The van der Waals surface area contributed by atoms with Crippen LogP contribution in [0.1, 0.15) is 65.3 Å². The maximum atomic E-state index is 13.4. The van der Waals surface area contributed by atoms with Crippen molar-refractivity contribution in [2.24, 2.45) is 11.8 Å². The molecule has 0 radical (unpaired) electrons. The third-order valence-electron chi connectivity index (χ3n) is 13.9. The molecule has 3 aromatic carbocycles. The Morgan fingerprint density at radius 3 is 2.17 bits per heavy atom. The number of benzene rings is 3. The highest BCUT2D eigenvalue weighted by atomic mass is 16.5. The number of piperidine rings is 2. The number of carbonyl (C=O) groups is 4. The normalized spacial score (nSPS) is 25.2. The van der Waals surface area contributed by atoms with E-state index in [9.17, 15) is 19.2 Å². The molecule has 5 aromatic rings. The second-order valence-corrected chi connectivity index (χ2v) is 17.3. The topological polar surface area (TPSA) is 172 Å². The van der Waals surface area contributed by atoms with E-state index in [-0.39, 0.29) is 24.8 Å². The van der Waals surface area contributed by atoms with Crippen LogP contribution in [0.5, 0.6) is 11.5 Å². The molecule has 0 spiro atoms. The number of fused-ring (bicyclic) bond motifs is 3. The number of anilines is 2. The smallest absolute Gasteiger partial charge is 0.262 e. The molecule has 7 heterocycles. The maximum absolute atomic E-state index is 13.4. The largest absolute Gasteiger partial charge is 0.457 e. The van der Waals surface area contributed by atoms with Crippen LogP contribution in [0.25, 0.3) is 22.3 Å². The molecule has 4 amide bonds. The molecule has 3 atom stereocenters. The van der Waals surface area contributed by atoms with Gasteiger partial charge in [0, 0.05) is 69.0 Å². The van der Waals surface area contributed by atoms with Crippen LogP contribution in [0.4, 0.5) is 11.5 Å². The number of para-hydroxylation sites is 1. The molecule has 6 aliphatic rings. The Bertz CT molecular complexity index is 2520. The van der Waals surface area contributed by atoms with Gasteiger partial charge in [0.05, 0.1) is 22.6 Å².